The van der Waals surface area contributed by atoms with Gasteiger partial charge in [-0.3, -0.25) is 4.79 Å². The van der Waals surface area contributed by atoms with Gasteiger partial charge in [-0.05, 0) is 70.8 Å². The van der Waals surface area contributed by atoms with Crippen molar-refractivity contribution in [1.29, 1.82) is 0 Å². The fourth-order valence-electron chi connectivity index (χ4n) is 5.24. The number of ether oxygens (including phenoxy) is 2. The van der Waals surface area contributed by atoms with Gasteiger partial charge in [0.05, 0.1) is 13.2 Å². The van der Waals surface area contributed by atoms with Crippen molar-refractivity contribution < 1.29 is 28.2 Å². The molecule has 0 saturated heterocycles. The number of amides is 1. The Balaban J connectivity index is 1.61. The van der Waals surface area contributed by atoms with Gasteiger partial charge >= 0.3 is 0 Å². The quantitative estimate of drug-likeness (QED) is 0.0671. The van der Waals surface area contributed by atoms with Gasteiger partial charge in [-0.15, -0.1) is 0 Å². The molecule has 4 aromatic carbocycles. The number of benzene rings is 4. The fraction of sp³-hybridized carbons (Fsp3) is 0.235. The molecule has 4 aromatic rings. The van der Waals surface area contributed by atoms with Crippen LogP contribution in [0.15, 0.2) is 106 Å². The molecule has 46 heavy (non-hydrogen) atoms. The summed E-state index contributed by atoms with van der Waals surface area (Å²) in [5.74, 6) is -1.42. The van der Waals surface area contributed by atoms with E-state index in [0.29, 0.717) is 35.5 Å². The van der Waals surface area contributed by atoms with Crippen LogP contribution in [0.5, 0.6) is 5.75 Å². The first-order valence-corrected chi connectivity index (χ1v) is 15.3. The number of aliphatic hydroxyl groups is 1. The minimum absolute atomic E-state index is 0.00182. The van der Waals surface area contributed by atoms with E-state index in [4.69, 9.17) is 25.1 Å². The Bertz CT molecular complexity index is 1740. The van der Waals surface area contributed by atoms with Crippen molar-refractivity contribution in [2.75, 3.05) is 13.2 Å². The fourth-order valence-corrected chi connectivity index (χ4v) is 5.50. The maximum Gasteiger partial charge on any atom is 0.252 e. The minimum Gasteiger partial charge on any atom is -0.494 e. The molecule has 2 N–H and O–H groups in total. The summed E-state index contributed by atoms with van der Waals surface area (Å²) in [6, 6.07) is 25.0. The van der Waals surface area contributed by atoms with Crippen molar-refractivity contribution in [2.45, 2.75) is 37.6 Å². The van der Waals surface area contributed by atoms with Crippen molar-refractivity contribution in [2.24, 2.45) is 10.1 Å². The second-order valence-corrected chi connectivity index (χ2v) is 11.5. The molecule has 9 nitrogen and oxygen atoms in total. The number of nitrogens with zero attached hydrogens (tertiary/aromatic N) is 4. The summed E-state index contributed by atoms with van der Waals surface area (Å²) in [4.78, 5) is 22.3. The van der Waals surface area contributed by atoms with E-state index < -0.39 is 35.7 Å². The van der Waals surface area contributed by atoms with E-state index in [1.807, 2.05) is 24.3 Å². The van der Waals surface area contributed by atoms with Crippen LogP contribution in [0.3, 0.4) is 0 Å². The molecule has 0 bridgehead atoms. The summed E-state index contributed by atoms with van der Waals surface area (Å²) in [5.41, 5.74) is 9.65. The van der Waals surface area contributed by atoms with Crippen molar-refractivity contribution >= 4 is 27.7 Å². The highest BCUT2D eigenvalue weighted by Gasteiger charge is 2.53. The van der Waals surface area contributed by atoms with Crippen LogP contribution >= 0.6 is 15.9 Å². The van der Waals surface area contributed by atoms with Crippen LogP contribution < -0.4 is 10.1 Å². The third kappa shape index (κ3) is 7.37. The van der Waals surface area contributed by atoms with Crippen LogP contribution in [-0.2, 0) is 29.0 Å². The van der Waals surface area contributed by atoms with E-state index in [-0.39, 0.29) is 31.0 Å². The molecule has 5 rings (SSSR count). The van der Waals surface area contributed by atoms with Crippen LogP contribution in [-0.4, -0.2) is 35.7 Å². The van der Waals surface area contributed by atoms with Gasteiger partial charge < -0.3 is 19.9 Å². The maximum absolute atomic E-state index is 14.6. The predicted octanol–water partition coefficient (Wildman–Crippen LogP) is 7.11. The number of carbonyl (C=O) groups is 1. The van der Waals surface area contributed by atoms with Gasteiger partial charge in [0.25, 0.3) is 5.91 Å². The Morgan fingerprint density at radius 1 is 1.04 bits per heavy atom. The summed E-state index contributed by atoms with van der Waals surface area (Å²) in [6.07, 6.45) is -0.459. The van der Waals surface area contributed by atoms with Gasteiger partial charge in [0.1, 0.15) is 17.4 Å². The van der Waals surface area contributed by atoms with Gasteiger partial charge in [-0.1, -0.05) is 63.5 Å². The van der Waals surface area contributed by atoms with E-state index in [0.717, 1.165) is 22.2 Å². The molecule has 0 aromatic heterocycles. The second kappa shape index (κ2) is 15.0. The third-order valence-electron chi connectivity index (χ3n) is 7.55. The summed E-state index contributed by atoms with van der Waals surface area (Å²) >= 11 is 3.45. The Labute approximate surface area is 272 Å². The highest BCUT2D eigenvalue weighted by atomic mass is 79.9. The van der Waals surface area contributed by atoms with Crippen molar-refractivity contribution in [3.63, 3.8) is 0 Å². The number of carbonyl (C=O) groups excluding carboxylic acids is 1. The Kier molecular flexibility index (Phi) is 10.6. The average Bonchev–Trinajstić information content (AvgIpc) is 3.45. The highest BCUT2D eigenvalue weighted by molar-refractivity contribution is 9.10. The zero-order valence-corrected chi connectivity index (χ0v) is 26.2. The minimum atomic E-state index is -1.65. The van der Waals surface area contributed by atoms with Crippen LogP contribution in [0.4, 0.5) is 8.78 Å². The van der Waals surface area contributed by atoms with Crippen molar-refractivity contribution in [1.82, 2.24) is 5.32 Å². The van der Waals surface area contributed by atoms with Gasteiger partial charge in [0, 0.05) is 46.5 Å². The lowest BCUT2D eigenvalue weighted by molar-refractivity contribution is -0.129. The summed E-state index contributed by atoms with van der Waals surface area (Å²) in [7, 11) is 0. The van der Waals surface area contributed by atoms with Crippen LogP contribution in [0.1, 0.15) is 40.3 Å². The molecule has 12 heteroatoms. The van der Waals surface area contributed by atoms with E-state index in [1.54, 1.807) is 48.5 Å². The summed E-state index contributed by atoms with van der Waals surface area (Å²) < 4.78 is 42.2. The van der Waals surface area contributed by atoms with Crippen LogP contribution in [0.25, 0.3) is 10.4 Å². The summed E-state index contributed by atoms with van der Waals surface area (Å²) in [5, 5.41) is 15.5. The van der Waals surface area contributed by atoms with Crippen LogP contribution in [0, 0.1) is 11.6 Å². The Morgan fingerprint density at radius 2 is 1.76 bits per heavy atom. The molecule has 1 aliphatic heterocycles. The van der Waals surface area contributed by atoms with Crippen molar-refractivity contribution in [3.05, 3.63) is 145 Å². The number of hydrogen-bond donors (Lipinski definition) is 2. The lowest BCUT2D eigenvalue weighted by Crippen LogP contribution is -2.50. The van der Waals surface area contributed by atoms with Crippen molar-refractivity contribution in [3.8, 4) is 5.75 Å². The number of aliphatic hydroxyl groups excluding tert-OH is 1. The van der Waals surface area contributed by atoms with Gasteiger partial charge in [-0.25, -0.2) is 13.8 Å². The number of hydrogen-bond acceptors (Lipinski definition) is 6. The number of aliphatic imine (C=N–C) groups is 1. The maximum atomic E-state index is 14.6. The first kappa shape index (κ1) is 32.6. The predicted molar refractivity (Wildman–Crippen MR) is 172 cm³/mol. The monoisotopic (exact) mass is 689 g/mol. The second-order valence-electron chi connectivity index (χ2n) is 10.6. The molecule has 0 radical (unpaired) electrons. The van der Waals surface area contributed by atoms with E-state index >= 15 is 0 Å². The molecule has 236 valence electrons. The molecule has 1 amide bonds. The first-order valence-electron chi connectivity index (χ1n) is 14.5. The van der Waals surface area contributed by atoms with E-state index in [1.165, 1.54) is 6.07 Å². The molecule has 0 saturated carbocycles. The van der Waals surface area contributed by atoms with Crippen LogP contribution in [0.2, 0.25) is 0 Å². The lowest BCUT2D eigenvalue weighted by Gasteiger charge is -2.32. The number of rotatable bonds is 13. The van der Waals surface area contributed by atoms with E-state index in [9.17, 15) is 13.6 Å². The molecule has 0 unspecified atom stereocenters. The molecule has 0 spiro atoms. The van der Waals surface area contributed by atoms with Gasteiger partial charge in [0.2, 0.25) is 5.90 Å². The molecule has 0 aliphatic carbocycles. The zero-order chi connectivity index (χ0) is 32.5. The molecule has 1 aliphatic rings. The number of azide groups is 1. The van der Waals surface area contributed by atoms with Gasteiger partial charge in [0.15, 0.2) is 11.6 Å². The number of halogens is 3. The standard InChI is InChI=1S/C34H30BrF2N5O4/c35-25-13-9-22(10-14-25)19-34(33(44)39-21-28-29(36)7-3-8-30(28)37)31(27-6-2-1-5-24(27)20-40-42-38)46-32(41-34)23-11-15-26(16-12-23)45-18-4-17-43/h1-3,5-16,31,43H,4,17-21H2,(H,39,44)/t31-,34-/m1/s1. The SMILES string of the molecule is [N-]=[N+]=NCc1ccccc1[C@H]1OC(c2ccc(OCCCO)cc2)=N[C@@]1(Cc1ccc(Br)cc1)C(=O)NCc1c(F)cccc1F. The zero-order valence-electron chi connectivity index (χ0n) is 24.6. The molecule has 2 atom stereocenters. The smallest absolute Gasteiger partial charge is 0.252 e. The molecule has 1 heterocycles. The van der Waals surface area contributed by atoms with Gasteiger partial charge in [-0.2, -0.15) is 0 Å². The Hall–Kier alpha value is -4.77. The average molecular weight is 691 g/mol. The largest absolute Gasteiger partial charge is 0.494 e. The van der Waals surface area contributed by atoms with E-state index in [2.05, 4.69) is 31.3 Å². The highest BCUT2D eigenvalue weighted by Crippen LogP contribution is 2.44. The summed E-state index contributed by atoms with van der Waals surface area (Å²) in [6.45, 7) is -0.0663. The lowest BCUT2D eigenvalue weighted by atomic mass is 9.80. The molecular weight excluding hydrogens is 660 g/mol. The third-order valence-corrected chi connectivity index (χ3v) is 8.07. The first-order chi connectivity index (χ1) is 22.3. The topological polar surface area (TPSA) is 129 Å². The normalized spacial score (nSPS) is 17.0. The number of nitrogens with one attached hydrogen (secondary N) is 1. The molecular formula is C34H30BrF2N5O4. The Morgan fingerprint density at radius 3 is 2.46 bits per heavy atom. The molecule has 0 fully saturated rings.